The average molecular weight is 247 g/mol. The van der Waals surface area contributed by atoms with E-state index in [-0.39, 0.29) is 16.2 Å². The van der Waals surface area contributed by atoms with Crippen molar-refractivity contribution < 1.29 is 17.9 Å². The highest BCUT2D eigenvalue weighted by Crippen LogP contribution is 2.37. The molecule has 0 aliphatic heterocycles. The molecule has 0 fully saturated rings. The van der Waals surface area contributed by atoms with Crippen molar-refractivity contribution in [2.45, 2.75) is 11.1 Å². The first-order valence-corrected chi connectivity index (χ1v) is 5.39. The second-order valence-corrected chi connectivity index (χ2v) is 3.71. The molecule has 0 unspecified atom stereocenters. The first kappa shape index (κ1) is 12.7. The number of halogens is 3. The number of ether oxygens (including phenoxy) is 1. The number of nitrogens with zero attached hydrogens (tertiary/aromatic N) is 1. The fourth-order valence-corrected chi connectivity index (χ4v) is 1.78. The molecule has 0 aliphatic carbocycles. The van der Waals surface area contributed by atoms with Crippen LogP contribution < -0.4 is 4.74 Å². The molecular formula is C10H8F3NOS. The third-order valence-corrected chi connectivity index (χ3v) is 2.71. The second-order valence-electron chi connectivity index (χ2n) is 2.87. The van der Waals surface area contributed by atoms with Crippen LogP contribution in [0.1, 0.15) is 11.1 Å². The van der Waals surface area contributed by atoms with Gasteiger partial charge in [-0.25, -0.2) is 0 Å². The monoisotopic (exact) mass is 247 g/mol. The van der Waals surface area contributed by atoms with Gasteiger partial charge in [0.15, 0.2) is 0 Å². The van der Waals surface area contributed by atoms with E-state index >= 15 is 0 Å². The van der Waals surface area contributed by atoms with Crippen LogP contribution in [-0.2, 0) is 6.18 Å². The lowest BCUT2D eigenvalue weighted by Gasteiger charge is -2.12. The molecule has 0 spiro atoms. The number of thioether (sulfide) groups is 1. The number of hydrogen-bond donors (Lipinski definition) is 0. The maximum absolute atomic E-state index is 12.5. The van der Waals surface area contributed by atoms with Crippen molar-refractivity contribution in [2.75, 3.05) is 13.4 Å². The van der Waals surface area contributed by atoms with Gasteiger partial charge in [0.2, 0.25) is 0 Å². The van der Waals surface area contributed by atoms with E-state index in [2.05, 4.69) is 0 Å². The number of hydrogen-bond acceptors (Lipinski definition) is 3. The van der Waals surface area contributed by atoms with E-state index in [0.717, 1.165) is 23.9 Å². The summed E-state index contributed by atoms with van der Waals surface area (Å²) >= 11 is 1.08. The zero-order chi connectivity index (χ0) is 12.3. The van der Waals surface area contributed by atoms with Crippen LogP contribution in [0.2, 0.25) is 0 Å². The lowest BCUT2D eigenvalue weighted by molar-refractivity contribution is -0.137. The quantitative estimate of drug-likeness (QED) is 0.752. The van der Waals surface area contributed by atoms with Crippen LogP contribution in [0.25, 0.3) is 0 Å². The lowest BCUT2D eigenvalue weighted by Crippen LogP contribution is -2.06. The Balaban J connectivity index is 3.45. The molecule has 0 atom stereocenters. The third kappa shape index (κ3) is 2.42. The van der Waals surface area contributed by atoms with Crippen LogP contribution in [0, 0.1) is 11.3 Å². The lowest BCUT2D eigenvalue weighted by atomic mass is 10.1. The highest BCUT2D eigenvalue weighted by Gasteiger charge is 2.32. The van der Waals surface area contributed by atoms with Crippen molar-refractivity contribution in [3.63, 3.8) is 0 Å². The molecule has 0 amide bonds. The molecule has 0 aliphatic rings. The fraction of sp³-hybridized carbons (Fsp3) is 0.300. The summed E-state index contributed by atoms with van der Waals surface area (Å²) in [5.74, 6) is -0.0540. The number of nitriles is 1. The van der Waals surface area contributed by atoms with Crippen LogP contribution in [0.15, 0.2) is 17.0 Å². The summed E-state index contributed by atoms with van der Waals surface area (Å²) in [5.41, 5.74) is -0.685. The molecule has 0 bridgehead atoms. The van der Waals surface area contributed by atoms with Gasteiger partial charge in [-0.05, 0) is 18.4 Å². The Labute approximate surface area is 95.0 Å². The van der Waals surface area contributed by atoms with Crippen molar-refractivity contribution >= 4 is 11.8 Å². The van der Waals surface area contributed by atoms with Gasteiger partial charge in [-0.1, -0.05) is 0 Å². The Bertz CT molecular complexity index is 412. The Kier molecular flexibility index (Phi) is 3.70. The fourth-order valence-electron chi connectivity index (χ4n) is 1.19. The van der Waals surface area contributed by atoms with Gasteiger partial charge in [0.25, 0.3) is 0 Å². The molecule has 2 nitrogen and oxygen atoms in total. The molecule has 0 saturated heterocycles. The number of rotatable bonds is 2. The van der Waals surface area contributed by atoms with Gasteiger partial charge in [0.1, 0.15) is 17.4 Å². The Morgan fingerprint density at radius 1 is 1.38 bits per heavy atom. The molecule has 1 rings (SSSR count). The molecule has 16 heavy (non-hydrogen) atoms. The number of benzene rings is 1. The van der Waals surface area contributed by atoms with Crippen LogP contribution >= 0.6 is 11.8 Å². The molecule has 86 valence electrons. The Morgan fingerprint density at radius 3 is 2.38 bits per heavy atom. The summed E-state index contributed by atoms with van der Waals surface area (Å²) < 4.78 is 42.3. The number of alkyl halides is 3. The highest BCUT2D eigenvalue weighted by atomic mass is 32.2. The molecular weight excluding hydrogens is 239 g/mol. The first-order chi connectivity index (χ1) is 7.43. The molecule has 0 aromatic heterocycles. The zero-order valence-corrected chi connectivity index (χ0v) is 9.37. The molecule has 0 radical (unpaired) electrons. The van der Waals surface area contributed by atoms with Gasteiger partial charge in [-0.3, -0.25) is 0 Å². The van der Waals surface area contributed by atoms with E-state index in [0.29, 0.717) is 0 Å². The molecule has 0 saturated carbocycles. The summed E-state index contributed by atoms with van der Waals surface area (Å²) in [6.45, 7) is 0. The summed E-state index contributed by atoms with van der Waals surface area (Å²) in [6.07, 6.45) is -2.83. The van der Waals surface area contributed by atoms with E-state index in [1.54, 1.807) is 6.26 Å². The first-order valence-electron chi connectivity index (χ1n) is 4.17. The van der Waals surface area contributed by atoms with Crippen LogP contribution in [0.5, 0.6) is 5.75 Å². The standard InChI is InChI=1S/C10H8F3NOS/c1-15-8-3-6(10(11,12)13)4-9(16-2)7(8)5-14/h3-4H,1-2H3. The van der Waals surface area contributed by atoms with E-state index in [1.165, 1.54) is 7.11 Å². The summed E-state index contributed by atoms with van der Waals surface area (Å²) in [7, 11) is 1.24. The van der Waals surface area contributed by atoms with E-state index in [9.17, 15) is 13.2 Å². The minimum atomic E-state index is -4.44. The molecule has 1 aromatic carbocycles. The topological polar surface area (TPSA) is 33.0 Å². The second kappa shape index (κ2) is 4.66. The van der Waals surface area contributed by atoms with E-state index in [1.807, 2.05) is 6.07 Å². The maximum atomic E-state index is 12.5. The smallest absolute Gasteiger partial charge is 0.416 e. The Hall–Kier alpha value is -1.35. The molecule has 0 N–H and O–H groups in total. The zero-order valence-electron chi connectivity index (χ0n) is 8.55. The van der Waals surface area contributed by atoms with Gasteiger partial charge < -0.3 is 4.74 Å². The predicted molar refractivity (Wildman–Crippen MR) is 54.5 cm³/mol. The molecule has 1 aromatic rings. The van der Waals surface area contributed by atoms with Crippen LogP contribution in [-0.4, -0.2) is 13.4 Å². The van der Waals surface area contributed by atoms with Crippen molar-refractivity contribution in [1.82, 2.24) is 0 Å². The van der Waals surface area contributed by atoms with E-state index < -0.39 is 11.7 Å². The SMILES string of the molecule is COc1cc(C(F)(F)F)cc(SC)c1C#N. The van der Waals surface area contributed by atoms with Gasteiger partial charge in [-0.2, -0.15) is 18.4 Å². The average Bonchev–Trinajstić information content (AvgIpc) is 2.25. The van der Waals surface area contributed by atoms with E-state index in [4.69, 9.17) is 10.00 Å². The Morgan fingerprint density at radius 2 is 2.00 bits per heavy atom. The van der Waals surface area contributed by atoms with Gasteiger partial charge in [0, 0.05) is 4.90 Å². The van der Waals surface area contributed by atoms with Crippen molar-refractivity contribution in [3.8, 4) is 11.8 Å². The minimum Gasteiger partial charge on any atom is -0.495 e. The molecule has 0 heterocycles. The van der Waals surface area contributed by atoms with Crippen LogP contribution in [0.4, 0.5) is 13.2 Å². The largest absolute Gasteiger partial charge is 0.495 e. The normalized spacial score (nSPS) is 11.0. The molecule has 6 heteroatoms. The van der Waals surface area contributed by atoms with Gasteiger partial charge in [0.05, 0.1) is 12.7 Å². The summed E-state index contributed by atoms with van der Waals surface area (Å²) in [6, 6.07) is 3.61. The third-order valence-electron chi connectivity index (χ3n) is 1.94. The van der Waals surface area contributed by atoms with Gasteiger partial charge in [-0.15, -0.1) is 11.8 Å². The van der Waals surface area contributed by atoms with Crippen molar-refractivity contribution in [2.24, 2.45) is 0 Å². The van der Waals surface area contributed by atoms with Crippen LogP contribution in [0.3, 0.4) is 0 Å². The minimum absolute atomic E-state index is 0.0540. The van der Waals surface area contributed by atoms with Crippen molar-refractivity contribution in [1.29, 1.82) is 5.26 Å². The predicted octanol–water partition coefficient (Wildman–Crippen LogP) is 3.31. The summed E-state index contributed by atoms with van der Waals surface area (Å²) in [5, 5.41) is 8.83. The van der Waals surface area contributed by atoms with Gasteiger partial charge >= 0.3 is 6.18 Å². The number of methoxy groups -OCH3 is 1. The maximum Gasteiger partial charge on any atom is 0.416 e. The highest BCUT2D eigenvalue weighted by molar-refractivity contribution is 7.98. The van der Waals surface area contributed by atoms with Crippen molar-refractivity contribution in [3.05, 3.63) is 23.3 Å². The summed E-state index contributed by atoms with van der Waals surface area (Å²) in [4.78, 5) is 0.258.